The molecule has 3 N–H and O–H groups in total. The highest BCUT2D eigenvalue weighted by Gasteiger charge is 2.52. The molecule has 3 aliphatic carbocycles. The molecule has 3 aliphatic rings. The topological polar surface area (TPSA) is 38.0 Å². The minimum Gasteiger partial charge on any atom is -0.271 e. The summed E-state index contributed by atoms with van der Waals surface area (Å²) in [7, 11) is 0. The zero-order valence-corrected chi connectivity index (χ0v) is 9.13. The van der Waals surface area contributed by atoms with Crippen molar-refractivity contribution in [1.82, 2.24) is 5.43 Å². The molecule has 4 atom stereocenters. The first-order valence-corrected chi connectivity index (χ1v) is 6.19. The van der Waals surface area contributed by atoms with Crippen molar-refractivity contribution in [3.05, 3.63) is 0 Å². The van der Waals surface area contributed by atoms with Crippen LogP contribution in [-0.2, 0) is 0 Å². The fourth-order valence-electron chi connectivity index (χ4n) is 4.05. The summed E-state index contributed by atoms with van der Waals surface area (Å²) >= 11 is 0. The van der Waals surface area contributed by atoms with Gasteiger partial charge in [-0.1, -0.05) is 13.3 Å². The number of fused-ring (bicyclic) bond motifs is 2. The molecule has 0 heterocycles. The summed E-state index contributed by atoms with van der Waals surface area (Å²) in [4.78, 5) is 0. The van der Waals surface area contributed by atoms with Gasteiger partial charge in [-0.25, -0.2) is 0 Å². The Labute approximate surface area is 86.6 Å². The Balaban J connectivity index is 1.74. The van der Waals surface area contributed by atoms with Gasteiger partial charge in [-0.3, -0.25) is 11.3 Å². The highest BCUT2D eigenvalue weighted by atomic mass is 15.2. The number of nitrogens with two attached hydrogens (primary N) is 1. The van der Waals surface area contributed by atoms with Gasteiger partial charge in [0.1, 0.15) is 0 Å². The molecule has 80 valence electrons. The molecule has 0 saturated heterocycles. The Kier molecular flexibility index (Phi) is 1.94. The second kappa shape index (κ2) is 2.96. The lowest BCUT2D eigenvalue weighted by atomic mass is 9.77. The van der Waals surface area contributed by atoms with Crippen molar-refractivity contribution in [1.29, 1.82) is 0 Å². The van der Waals surface area contributed by atoms with Crippen LogP contribution in [0.2, 0.25) is 0 Å². The highest BCUT2D eigenvalue weighted by Crippen LogP contribution is 2.57. The first-order valence-electron chi connectivity index (χ1n) is 6.19. The van der Waals surface area contributed by atoms with Gasteiger partial charge in [0.05, 0.1) is 0 Å². The third-order valence-corrected chi connectivity index (χ3v) is 5.19. The van der Waals surface area contributed by atoms with Crippen LogP contribution in [0.25, 0.3) is 0 Å². The average Bonchev–Trinajstić information content (AvgIpc) is 2.67. The number of rotatable bonds is 3. The van der Waals surface area contributed by atoms with Crippen LogP contribution in [0.5, 0.6) is 0 Å². The Bertz CT molecular complexity index is 234. The van der Waals surface area contributed by atoms with E-state index >= 15 is 0 Å². The fourth-order valence-corrected chi connectivity index (χ4v) is 4.05. The van der Waals surface area contributed by atoms with Gasteiger partial charge in [-0.15, -0.1) is 0 Å². The van der Waals surface area contributed by atoms with E-state index in [0.29, 0.717) is 11.5 Å². The number of hydrazine groups is 1. The highest BCUT2D eigenvalue weighted by molar-refractivity contribution is 5.05. The quantitative estimate of drug-likeness (QED) is 0.533. The predicted octanol–water partition coefficient (Wildman–Crippen LogP) is 2.05. The second-order valence-electron chi connectivity index (χ2n) is 6.14. The van der Waals surface area contributed by atoms with Gasteiger partial charge in [0.2, 0.25) is 0 Å². The summed E-state index contributed by atoms with van der Waals surface area (Å²) in [6, 6.07) is 0.609. The van der Waals surface area contributed by atoms with Gasteiger partial charge in [0, 0.05) is 6.04 Å². The van der Waals surface area contributed by atoms with E-state index in [1.54, 1.807) is 0 Å². The molecule has 4 unspecified atom stereocenters. The van der Waals surface area contributed by atoms with Crippen LogP contribution < -0.4 is 11.3 Å². The molecule has 0 aliphatic heterocycles. The third-order valence-electron chi connectivity index (χ3n) is 5.19. The molecule has 0 aromatic heterocycles. The fraction of sp³-hybridized carbons (Fsp3) is 1.00. The van der Waals surface area contributed by atoms with Gasteiger partial charge < -0.3 is 0 Å². The first-order chi connectivity index (χ1) is 6.73. The second-order valence-corrected chi connectivity index (χ2v) is 6.14. The normalized spacial score (nSPS) is 45.4. The van der Waals surface area contributed by atoms with Crippen molar-refractivity contribution in [3.63, 3.8) is 0 Å². The molecule has 2 heteroatoms. The van der Waals surface area contributed by atoms with E-state index in [9.17, 15) is 0 Å². The Morgan fingerprint density at radius 3 is 2.50 bits per heavy atom. The first kappa shape index (κ1) is 9.17. The smallest absolute Gasteiger partial charge is 0.0295 e. The molecule has 0 amide bonds. The summed E-state index contributed by atoms with van der Waals surface area (Å²) in [5, 5.41) is 0. The lowest BCUT2D eigenvalue weighted by molar-refractivity contribution is 0.187. The standard InChI is InChI=1S/C12H22N2/c1-12(4-5-12)11(14-13)10-7-8-2-3-9(10)6-8/h8-11,14H,2-7,13H2,1H3. The van der Waals surface area contributed by atoms with Crippen LogP contribution in [0.4, 0.5) is 0 Å². The van der Waals surface area contributed by atoms with Gasteiger partial charge in [0.15, 0.2) is 0 Å². The minimum absolute atomic E-state index is 0.546. The molecule has 0 spiro atoms. The van der Waals surface area contributed by atoms with Gasteiger partial charge in [-0.2, -0.15) is 0 Å². The van der Waals surface area contributed by atoms with Crippen LogP contribution >= 0.6 is 0 Å². The Morgan fingerprint density at radius 1 is 1.29 bits per heavy atom. The molecule has 3 rings (SSSR count). The molecular formula is C12H22N2. The van der Waals surface area contributed by atoms with E-state index < -0.39 is 0 Å². The SMILES string of the molecule is CC1(C(NN)C2CC3CCC2C3)CC1. The van der Waals surface area contributed by atoms with Crippen molar-refractivity contribution >= 4 is 0 Å². The lowest BCUT2D eigenvalue weighted by Gasteiger charge is -2.34. The summed E-state index contributed by atoms with van der Waals surface area (Å²) in [5.74, 6) is 8.70. The predicted molar refractivity (Wildman–Crippen MR) is 57.4 cm³/mol. The largest absolute Gasteiger partial charge is 0.271 e. The number of hydrogen-bond acceptors (Lipinski definition) is 2. The van der Waals surface area contributed by atoms with Crippen LogP contribution in [0.1, 0.15) is 45.4 Å². The van der Waals surface area contributed by atoms with E-state index in [0.717, 1.165) is 17.8 Å². The summed E-state index contributed by atoms with van der Waals surface area (Å²) in [5.41, 5.74) is 3.68. The molecular weight excluding hydrogens is 172 g/mol. The van der Waals surface area contributed by atoms with Gasteiger partial charge >= 0.3 is 0 Å². The minimum atomic E-state index is 0.546. The maximum absolute atomic E-state index is 5.76. The summed E-state index contributed by atoms with van der Waals surface area (Å²) in [6.45, 7) is 2.41. The third kappa shape index (κ3) is 1.24. The Hall–Kier alpha value is -0.0800. The van der Waals surface area contributed by atoms with Crippen molar-refractivity contribution < 1.29 is 0 Å². The van der Waals surface area contributed by atoms with Crippen molar-refractivity contribution in [3.8, 4) is 0 Å². The van der Waals surface area contributed by atoms with E-state index in [1.165, 1.54) is 38.5 Å². The maximum Gasteiger partial charge on any atom is 0.0295 e. The maximum atomic E-state index is 5.76. The monoisotopic (exact) mass is 194 g/mol. The van der Waals surface area contributed by atoms with Crippen LogP contribution in [0.3, 0.4) is 0 Å². The molecule has 14 heavy (non-hydrogen) atoms. The van der Waals surface area contributed by atoms with Crippen LogP contribution in [-0.4, -0.2) is 6.04 Å². The van der Waals surface area contributed by atoms with Gasteiger partial charge in [0.25, 0.3) is 0 Å². The number of hydrogen-bond donors (Lipinski definition) is 2. The summed E-state index contributed by atoms with van der Waals surface area (Å²) < 4.78 is 0. The van der Waals surface area contributed by atoms with Gasteiger partial charge in [-0.05, 0) is 55.3 Å². The Morgan fingerprint density at radius 2 is 2.07 bits per heavy atom. The van der Waals surface area contributed by atoms with Crippen molar-refractivity contribution in [2.24, 2.45) is 29.0 Å². The van der Waals surface area contributed by atoms with E-state index in [-0.39, 0.29) is 0 Å². The van der Waals surface area contributed by atoms with Crippen molar-refractivity contribution in [2.45, 2.75) is 51.5 Å². The summed E-state index contributed by atoms with van der Waals surface area (Å²) in [6.07, 6.45) is 8.69. The molecule has 2 nitrogen and oxygen atoms in total. The molecule has 0 aromatic rings. The zero-order valence-electron chi connectivity index (χ0n) is 9.13. The van der Waals surface area contributed by atoms with E-state index in [4.69, 9.17) is 5.84 Å². The molecule has 3 fully saturated rings. The van der Waals surface area contributed by atoms with Crippen LogP contribution in [0.15, 0.2) is 0 Å². The lowest BCUT2D eigenvalue weighted by Crippen LogP contribution is -2.47. The molecule has 3 saturated carbocycles. The molecule has 0 aromatic carbocycles. The number of nitrogens with one attached hydrogen (secondary N) is 1. The average molecular weight is 194 g/mol. The zero-order chi connectivity index (χ0) is 9.76. The molecule has 2 bridgehead atoms. The molecule has 0 radical (unpaired) electrons. The van der Waals surface area contributed by atoms with Crippen LogP contribution in [0, 0.1) is 23.2 Å². The van der Waals surface area contributed by atoms with E-state index in [1.807, 2.05) is 0 Å². The van der Waals surface area contributed by atoms with E-state index in [2.05, 4.69) is 12.3 Å². The van der Waals surface area contributed by atoms with Crippen molar-refractivity contribution in [2.75, 3.05) is 0 Å².